The number of anilines is 4. The summed E-state index contributed by atoms with van der Waals surface area (Å²) in [5, 5.41) is 14.5. The molecule has 3 aromatic heterocycles. The Bertz CT molecular complexity index is 1390. The number of benzene rings is 1. The molecule has 0 spiro atoms. The van der Waals surface area contributed by atoms with Gasteiger partial charge in [-0.25, -0.2) is 19.7 Å². The minimum absolute atomic E-state index is 0.100. The summed E-state index contributed by atoms with van der Waals surface area (Å²) in [5.41, 5.74) is -0.0140. The van der Waals surface area contributed by atoms with Gasteiger partial charge in [0, 0.05) is 35.5 Å². The van der Waals surface area contributed by atoms with Crippen molar-refractivity contribution in [3.63, 3.8) is 0 Å². The molecule has 3 heterocycles. The lowest BCUT2D eigenvalue weighted by Gasteiger charge is -2.14. The highest BCUT2D eigenvalue weighted by molar-refractivity contribution is 6.30. The van der Waals surface area contributed by atoms with Crippen LogP contribution in [0.3, 0.4) is 0 Å². The fraction of sp³-hybridized carbons (Fsp3) is 0.136. The molecule has 0 aliphatic carbocycles. The molecule has 186 valence electrons. The molecule has 2 amide bonds. The molecule has 14 heteroatoms. The molecule has 0 unspecified atom stereocenters. The van der Waals surface area contributed by atoms with Gasteiger partial charge >= 0.3 is 12.2 Å². The number of urea groups is 1. The maximum absolute atomic E-state index is 13.2. The van der Waals surface area contributed by atoms with Gasteiger partial charge in [-0.15, -0.1) is 0 Å². The normalized spacial score (nSPS) is 11.3. The van der Waals surface area contributed by atoms with Crippen molar-refractivity contribution in [2.45, 2.75) is 19.5 Å². The first kappa shape index (κ1) is 25.2. The predicted molar refractivity (Wildman–Crippen MR) is 130 cm³/mol. The smallest absolute Gasteiger partial charge is 0.323 e. The van der Waals surface area contributed by atoms with E-state index >= 15 is 0 Å². The third-order valence-electron chi connectivity index (χ3n) is 4.67. The van der Waals surface area contributed by atoms with E-state index in [1.807, 2.05) is 6.92 Å². The second-order valence-corrected chi connectivity index (χ2v) is 8.38. The number of carbonyl (C=O) groups is 1. The summed E-state index contributed by atoms with van der Waals surface area (Å²) in [6.45, 7) is 1.82. The summed E-state index contributed by atoms with van der Waals surface area (Å²) in [4.78, 5) is 25.3. The number of alkyl halides is 3. The first-order chi connectivity index (χ1) is 17.0. The number of aromatic amines is 1. The van der Waals surface area contributed by atoms with Crippen LogP contribution in [0.15, 0.2) is 48.7 Å². The summed E-state index contributed by atoms with van der Waals surface area (Å²) in [6, 6.07) is 8.75. The second kappa shape index (κ2) is 10.4. The lowest BCUT2D eigenvalue weighted by molar-refractivity contribution is -0.136. The van der Waals surface area contributed by atoms with Gasteiger partial charge in [-0.05, 0) is 36.8 Å². The fourth-order valence-corrected chi connectivity index (χ4v) is 3.50. The maximum Gasteiger partial charge on any atom is 0.418 e. The average Bonchev–Trinajstić information content (AvgIpc) is 3.19. The van der Waals surface area contributed by atoms with Crippen LogP contribution in [-0.4, -0.2) is 31.2 Å². The minimum atomic E-state index is -4.69. The number of aryl methyl sites for hydroxylation is 1. The zero-order valence-electron chi connectivity index (χ0n) is 18.4. The van der Waals surface area contributed by atoms with E-state index in [-0.39, 0.29) is 10.8 Å². The van der Waals surface area contributed by atoms with Crippen LogP contribution in [-0.2, 0) is 12.6 Å². The number of nitrogens with one attached hydrogen (secondary N) is 4. The highest BCUT2D eigenvalue weighted by atomic mass is 35.5. The number of hydrogen-bond acceptors (Lipinski definition) is 6. The minimum Gasteiger partial charge on any atom is -0.323 e. The van der Waals surface area contributed by atoms with Crippen LogP contribution in [0.25, 0.3) is 0 Å². The molecular weight excluding hydrogens is 520 g/mol. The van der Waals surface area contributed by atoms with Crippen molar-refractivity contribution in [2.75, 3.05) is 16.0 Å². The van der Waals surface area contributed by atoms with E-state index in [1.54, 1.807) is 18.2 Å². The number of H-pyrrole nitrogens is 1. The van der Waals surface area contributed by atoms with Crippen LogP contribution in [0.4, 0.5) is 41.1 Å². The van der Waals surface area contributed by atoms with E-state index in [9.17, 15) is 18.0 Å². The molecule has 0 bridgehead atoms. The van der Waals surface area contributed by atoms with Crippen LogP contribution in [0, 0.1) is 6.92 Å². The molecule has 4 aromatic rings. The molecule has 0 aliphatic rings. The van der Waals surface area contributed by atoms with Crippen LogP contribution < -0.4 is 16.0 Å². The largest absolute Gasteiger partial charge is 0.418 e. The Balaban J connectivity index is 1.40. The van der Waals surface area contributed by atoms with E-state index in [2.05, 4.69) is 41.1 Å². The van der Waals surface area contributed by atoms with Gasteiger partial charge in [0.1, 0.15) is 22.6 Å². The molecule has 0 saturated carbocycles. The van der Waals surface area contributed by atoms with Gasteiger partial charge in [0.2, 0.25) is 0 Å². The molecule has 0 aliphatic heterocycles. The molecule has 0 saturated heterocycles. The topological polar surface area (TPSA) is 121 Å². The molecule has 36 heavy (non-hydrogen) atoms. The number of nitrogens with zero attached hydrogens (tertiary/aromatic N) is 4. The lowest BCUT2D eigenvalue weighted by Crippen LogP contribution is -2.22. The molecule has 4 N–H and O–H groups in total. The fourth-order valence-electron chi connectivity index (χ4n) is 3.18. The first-order valence-electron chi connectivity index (χ1n) is 10.3. The Morgan fingerprint density at radius 1 is 1.00 bits per heavy atom. The van der Waals surface area contributed by atoms with E-state index in [4.69, 9.17) is 23.2 Å². The van der Waals surface area contributed by atoms with Crippen molar-refractivity contribution in [1.82, 2.24) is 25.1 Å². The Labute approximate surface area is 212 Å². The van der Waals surface area contributed by atoms with Crippen molar-refractivity contribution in [3.05, 3.63) is 81.5 Å². The molecule has 1 aromatic carbocycles. The van der Waals surface area contributed by atoms with Gasteiger partial charge in [-0.1, -0.05) is 29.3 Å². The van der Waals surface area contributed by atoms with Gasteiger partial charge in [0.15, 0.2) is 5.82 Å². The monoisotopic (exact) mass is 536 g/mol. The van der Waals surface area contributed by atoms with E-state index in [1.165, 1.54) is 18.3 Å². The standard InChI is InChI=1S/C22H17Cl2F3N8O/c1-11-6-18(32-20-9-16(24)34-35-20)31-19(29-11)7-12-2-5-17(28-10-12)33-21(36)30-15-4-3-13(23)8-14(15)22(25,26)27/h2-6,8-10H,7H2,1H3,(H2,28,30,33,36)(H2,29,31,32,34,35). The number of halogens is 5. The lowest BCUT2D eigenvalue weighted by atomic mass is 10.1. The molecule has 4 rings (SSSR count). The number of hydrogen-bond donors (Lipinski definition) is 4. The molecule has 9 nitrogen and oxygen atoms in total. The van der Waals surface area contributed by atoms with E-state index < -0.39 is 23.5 Å². The van der Waals surface area contributed by atoms with Crippen molar-refractivity contribution in [1.29, 1.82) is 0 Å². The third-order valence-corrected chi connectivity index (χ3v) is 5.10. The Kier molecular flexibility index (Phi) is 7.27. The van der Waals surface area contributed by atoms with Crippen LogP contribution in [0.5, 0.6) is 0 Å². The van der Waals surface area contributed by atoms with E-state index in [0.717, 1.165) is 23.4 Å². The predicted octanol–water partition coefficient (Wildman–Crippen LogP) is 6.21. The van der Waals surface area contributed by atoms with Crippen LogP contribution in [0.2, 0.25) is 10.2 Å². The number of amides is 2. The van der Waals surface area contributed by atoms with Crippen molar-refractivity contribution in [3.8, 4) is 0 Å². The highest BCUT2D eigenvalue weighted by Gasteiger charge is 2.34. The average molecular weight is 537 g/mol. The highest BCUT2D eigenvalue weighted by Crippen LogP contribution is 2.36. The molecule has 0 fully saturated rings. The quantitative estimate of drug-likeness (QED) is 0.232. The number of pyridine rings is 1. The summed E-state index contributed by atoms with van der Waals surface area (Å²) < 4.78 is 39.7. The first-order valence-corrected chi connectivity index (χ1v) is 11.0. The van der Waals surface area contributed by atoms with E-state index in [0.29, 0.717) is 29.0 Å². The van der Waals surface area contributed by atoms with Crippen molar-refractivity contribution >= 4 is 52.4 Å². The van der Waals surface area contributed by atoms with Gasteiger partial charge in [0.05, 0.1) is 11.3 Å². The van der Waals surface area contributed by atoms with Crippen LogP contribution >= 0.6 is 23.2 Å². The molecule has 0 atom stereocenters. The number of aromatic nitrogens is 5. The van der Waals surface area contributed by atoms with Crippen LogP contribution in [0.1, 0.15) is 22.6 Å². The maximum atomic E-state index is 13.2. The Morgan fingerprint density at radius 2 is 1.81 bits per heavy atom. The SMILES string of the molecule is Cc1cc(Nc2cc(Cl)[nH]n2)nc(Cc2ccc(NC(=O)Nc3ccc(Cl)cc3C(F)(F)F)nc2)n1. The summed E-state index contributed by atoms with van der Waals surface area (Å²) in [5.74, 6) is 1.69. The Morgan fingerprint density at radius 3 is 2.47 bits per heavy atom. The van der Waals surface area contributed by atoms with Crippen molar-refractivity contribution < 1.29 is 18.0 Å². The Hall–Kier alpha value is -3.90. The summed E-state index contributed by atoms with van der Waals surface area (Å²) in [7, 11) is 0. The summed E-state index contributed by atoms with van der Waals surface area (Å²) in [6.07, 6.45) is -2.84. The zero-order valence-corrected chi connectivity index (χ0v) is 19.9. The van der Waals surface area contributed by atoms with Crippen molar-refractivity contribution in [2.24, 2.45) is 0 Å². The second-order valence-electron chi connectivity index (χ2n) is 7.53. The number of rotatable bonds is 6. The molecule has 0 radical (unpaired) electrons. The molecular formula is C22H17Cl2F3N8O. The number of carbonyl (C=O) groups excluding carboxylic acids is 1. The van der Waals surface area contributed by atoms with Gasteiger partial charge in [-0.2, -0.15) is 18.3 Å². The van der Waals surface area contributed by atoms with Gasteiger partial charge in [-0.3, -0.25) is 10.4 Å². The zero-order chi connectivity index (χ0) is 25.9. The van der Waals surface area contributed by atoms with Gasteiger partial charge in [0.25, 0.3) is 0 Å². The summed E-state index contributed by atoms with van der Waals surface area (Å²) >= 11 is 11.5. The van der Waals surface area contributed by atoms with Gasteiger partial charge < -0.3 is 10.6 Å². The third kappa shape index (κ3) is 6.61.